The van der Waals surface area contributed by atoms with E-state index in [1.807, 2.05) is 13.0 Å². The minimum atomic E-state index is 0.156. The molecular weight excluding hydrogens is 296 g/mol. The molecule has 3 heteroatoms. The average molecular weight is 320 g/mol. The zero-order valence-electron chi connectivity index (χ0n) is 14.6. The van der Waals surface area contributed by atoms with E-state index in [1.165, 1.54) is 38.9 Å². The number of fused-ring (bicyclic) bond motifs is 3. The highest BCUT2D eigenvalue weighted by molar-refractivity contribution is 5.89. The summed E-state index contributed by atoms with van der Waals surface area (Å²) in [6.07, 6.45) is 1.06. The fourth-order valence-electron chi connectivity index (χ4n) is 4.04. The molecule has 2 heterocycles. The van der Waals surface area contributed by atoms with Crippen LogP contribution in [0.4, 0.5) is 0 Å². The van der Waals surface area contributed by atoms with Crippen molar-refractivity contribution in [2.45, 2.75) is 33.2 Å². The Labute approximate surface area is 143 Å². The molecule has 24 heavy (non-hydrogen) atoms. The fourth-order valence-corrected chi connectivity index (χ4v) is 4.04. The predicted molar refractivity (Wildman–Crippen MR) is 98.9 cm³/mol. The number of hydrogen-bond donors (Lipinski definition) is 2. The number of ether oxygens (including phenoxy) is 1. The number of nitrogens with one attached hydrogen (secondary N) is 2. The van der Waals surface area contributed by atoms with E-state index in [9.17, 15) is 0 Å². The normalized spacial score (nSPS) is 17.0. The highest BCUT2D eigenvalue weighted by Crippen LogP contribution is 2.38. The molecule has 3 nitrogen and oxygen atoms in total. The van der Waals surface area contributed by atoms with Crippen LogP contribution in [0.25, 0.3) is 10.9 Å². The number of H-pyrrole nitrogens is 1. The van der Waals surface area contributed by atoms with Crippen molar-refractivity contribution in [3.63, 3.8) is 0 Å². The second kappa shape index (κ2) is 5.99. The Hall–Kier alpha value is -2.26. The summed E-state index contributed by atoms with van der Waals surface area (Å²) in [5.74, 6) is 0.969. The highest BCUT2D eigenvalue weighted by atomic mass is 16.5. The van der Waals surface area contributed by atoms with Gasteiger partial charge in [-0.1, -0.05) is 24.3 Å². The molecule has 3 aromatic rings. The molecule has 0 spiro atoms. The third-order valence-electron chi connectivity index (χ3n) is 4.92. The molecule has 4 rings (SSSR count). The van der Waals surface area contributed by atoms with Gasteiger partial charge < -0.3 is 15.0 Å². The van der Waals surface area contributed by atoms with Crippen molar-refractivity contribution < 1.29 is 4.74 Å². The predicted octanol–water partition coefficient (Wildman–Crippen LogP) is 4.42. The van der Waals surface area contributed by atoms with E-state index in [-0.39, 0.29) is 6.04 Å². The lowest BCUT2D eigenvalue weighted by Crippen LogP contribution is -2.30. The topological polar surface area (TPSA) is 37.0 Å². The third-order valence-corrected chi connectivity index (χ3v) is 4.92. The van der Waals surface area contributed by atoms with Gasteiger partial charge in [-0.15, -0.1) is 0 Å². The molecule has 0 saturated heterocycles. The Bertz CT molecular complexity index is 894. The van der Waals surface area contributed by atoms with Crippen LogP contribution in [0.5, 0.6) is 5.75 Å². The number of rotatable bonds is 3. The van der Waals surface area contributed by atoms with E-state index in [1.54, 1.807) is 0 Å². The lowest BCUT2D eigenvalue weighted by Gasteiger charge is -2.26. The summed E-state index contributed by atoms with van der Waals surface area (Å²) in [4.78, 5) is 3.70. The quantitative estimate of drug-likeness (QED) is 0.749. The van der Waals surface area contributed by atoms with E-state index in [0.29, 0.717) is 6.61 Å². The number of hydrogen-bond acceptors (Lipinski definition) is 2. The van der Waals surface area contributed by atoms with Crippen LogP contribution < -0.4 is 10.1 Å². The Morgan fingerprint density at radius 1 is 1.17 bits per heavy atom. The molecule has 0 radical (unpaired) electrons. The van der Waals surface area contributed by atoms with Crippen LogP contribution in [0.1, 0.15) is 40.9 Å². The van der Waals surface area contributed by atoms with Crippen LogP contribution in [-0.2, 0) is 6.42 Å². The molecule has 2 aromatic carbocycles. The summed E-state index contributed by atoms with van der Waals surface area (Å²) < 4.78 is 5.87. The van der Waals surface area contributed by atoms with E-state index in [0.717, 1.165) is 18.7 Å². The van der Waals surface area contributed by atoms with Crippen LogP contribution in [0.2, 0.25) is 0 Å². The second-order valence-electron chi connectivity index (χ2n) is 6.63. The van der Waals surface area contributed by atoms with Crippen molar-refractivity contribution >= 4 is 10.9 Å². The Kier molecular flexibility index (Phi) is 3.81. The SMILES string of the molecule is CCOc1ccccc1C1NCCc2c1[nH]c1cc(C)cc(C)c21. The van der Waals surface area contributed by atoms with E-state index >= 15 is 0 Å². The van der Waals surface area contributed by atoms with Gasteiger partial charge in [-0.2, -0.15) is 0 Å². The molecule has 124 valence electrons. The minimum Gasteiger partial charge on any atom is -0.494 e. The van der Waals surface area contributed by atoms with Crippen LogP contribution >= 0.6 is 0 Å². The molecule has 1 aliphatic rings. The van der Waals surface area contributed by atoms with Crippen molar-refractivity contribution in [1.82, 2.24) is 10.3 Å². The van der Waals surface area contributed by atoms with Crippen LogP contribution in [0.15, 0.2) is 36.4 Å². The summed E-state index contributed by atoms with van der Waals surface area (Å²) in [7, 11) is 0. The summed E-state index contributed by atoms with van der Waals surface area (Å²) in [6, 6.07) is 13.0. The van der Waals surface area contributed by atoms with Gasteiger partial charge in [-0.25, -0.2) is 0 Å². The average Bonchev–Trinajstić information content (AvgIpc) is 2.94. The number of aryl methyl sites for hydroxylation is 2. The van der Waals surface area contributed by atoms with Gasteiger partial charge in [0, 0.05) is 28.7 Å². The van der Waals surface area contributed by atoms with Crippen molar-refractivity contribution in [2.24, 2.45) is 0 Å². The first-order valence-electron chi connectivity index (χ1n) is 8.76. The first-order valence-corrected chi connectivity index (χ1v) is 8.76. The second-order valence-corrected chi connectivity index (χ2v) is 6.63. The van der Waals surface area contributed by atoms with Crippen LogP contribution in [-0.4, -0.2) is 18.1 Å². The number of aromatic nitrogens is 1. The molecule has 1 atom stereocenters. The molecule has 1 aromatic heterocycles. The van der Waals surface area contributed by atoms with Gasteiger partial charge in [0.15, 0.2) is 0 Å². The smallest absolute Gasteiger partial charge is 0.124 e. The van der Waals surface area contributed by atoms with Crippen molar-refractivity contribution in [3.8, 4) is 5.75 Å². The minimum absolute atomic E-state index is 0.156. The van der Waals surface area contributed by atoms with Gasteiger partial charge in [0.05, 0.1) is 12.6 Å². The Balaban J connectivity index is 1.90. The summed E-state index contributed by atoms with van der Waals surface area (Å²) in [6.45, 7) is 8.08. The number of benzene rings is 2. The Morgan fingerprint density at radius 3 is 2.83 bits per heavy atom. The van der Waals surface area contributed by atoms with Gasteiger partial charge >= 0.3 is 0 Å². The summed E-state index contributed by atoms with van der Waals surface area (Å²) in [5, 5.41) is 5.07. The molecule has 2 N–H and O–H groups in total. The van der Waals surface area contributed by atoms with Crippen LogP contribution in [0, 0.1) is 13.8 Å². The largest absolute Gasteiger partial charge is 0.494 e. The maximum absolute atomic E-state index is 5.87. The molecule has 0 bridgehead atoms. The first kappa shape index (κ1) is 15.3. The fraction of sp³-hybridized carbons (Fsp3) is 0.333. The molecule has 1 unspecified atom stereocenters. The summed E-state index contributed by atoms with van der Waals surface area (Å²) in [5.41, 5.74) is 7.87. The lowest BCUT2D eigenvalue weighted by molar-refractivity contribution is 0.332. The molecule has 0 saturated carbocycles. The van der Waals surface area contributed by atoms with Crippen molar-refractivity contribution in [2.75, 3.05) is 13.2 Å². The van der Waals surface area contributed by atoms with Crippen LogP contribution in [0.3, 0.4) is 0 Å². The highest BCUT2D eigenvalue weighted by Gasteiger charge is 2.27. The number of aromatic amines is 1. The van der Waals surface area contributed by atoms with Gasteiger partial charge in [0.1, 0.15) is 5.75 Å². The van der Waals surface area contributed by atoms with Gasteiger partial charge in [0.25, 0.3) is 0 Å². The first-order chi connectivity index (χ1) is 11.7. The Morgan fingerprint density at radius 2 is 2.00 bits per heavy atom. The molecule has 0 fully saturated rings. The van der Waals surface area contributed by atoms with E-state index in [4.69, 9.17) is 4.74 Å². The monoisotopic (exact) mass is 320 g/mol. The zero-order chi connectivity index (χ0) is 16.7. The molecular formula is C21H24N2O. The lowest BCUT2D eigenvalue weighted by atomic mass is 9.92. The maximum atomic E-state index is 5.87. The molecule has 1 aliphatic heterocycles. The van der Waals surface area contributed by atoms with E-state index in [2.05, 4.69) is 54.5 Å². The van der Waals surface area contributed by atoms with Gasteiger partial charge in [-0.05, 0) is 56.0 Å². The maximum Gasteiger partial charge on any atom is 0.124 e. The van der Waals surface area contributed by atoms with Gasteiger partial charge in [-0.3, -0.25) is 0 Å². The van der Waals surface area contributed by atoms with E-state index < -0.39 is 0 Å². The molecule has 0 amide bonds. The summed E-state index contributed by atoms with van der Waals surface area (Å²) >= 11 is 0. The number of para-hydroxylation sites is 1. The van der Waals surface area contributed by atoms with Crippen molar-refractivity contribution in [3.05, 3.63) is 64.3 Å². The molecule has 0 aliphatic carbocycles. The van der Waals surface area contributed by atoms with Gasteiger partial charge in [0.2, 0.25) is 0 Å². The zero-order valence-corrected chi connectivity index (χ0v) is 14.6. The van der Waals surface area contributed by atoms with Crippen molar-refractivity contribution in [1.29, 1.82) is 0 Å². The standard InChI is InChI=1S/C21H24N2O/c1-4-24-18-8-6-5-7-15(18)20-21-16(9-10-22-20)19-14(3)11-13(2)12-17(19)23-21/h5-8,11-12,20,22-23H,4,9-10H2,1-3H3. The third kappa shape index (κ3) is 2.40.